The highest BCUT2D eigenvalue weighted by molar-refractivity contribution is 9.10. The number of rotatable bonds is 3. The van der Waals surface area contributed by atoms with Gasteiger partial charge >= 0.3 is 0 Å². The summed E-state index contributed by atoms with van der Waals surface area (Å²) >= 11 is 3.52. The SMILES string of the molecule is Cc1ccc(NCc2ccccc2N)cc1Br. The first-order valence-corrected chi connectivity index (χ1v) is 6.29. The first-order chi connectivity index (χ1) is 8.16. The van der Waals surface area contributed by atoms with E-state index in [0.717, 1.165) is 28.0 Å². The Bertz CT molecular complexity index is 523. The molecule has 2 aromatic carbocycles. The van der Waals surface area contributed by atoms with E-state index in [-0.39, 0.29) is 0 Å². The van der Waals surface area contributed by atoms with Crippen LogP contribution in [0.15, 0.2) is 46.9 Å². The quantitative estimate of drug-likeness (QED) is 0.840. The van der Waals surface area contributed by atoms with Gasteiger partial charge in [-0.05, 0) is 36.2 Å². The first kappa shape index (κ1) is 12.0. The minimum absolute atomic E-state index is 0.738. The van der Waals surface area contributed by atoms with Crippen molar-refractivity contribution in [3.8, 4) is 0 Å². The molecule has 88 valence electrons. The lowest BCUT2D eigenvalue weighted by Gasteiger charge is -2.09. The number of halogens is 1. The van der Waals surface area contributed by atoms with Gasteiger partial charge in [-0.15, -0.1) is 0 Å². The van der Waals surface area contributed by atoms with Gasteiger partial charge in [-0.3, -0.25) is 0 Å². The lowest BCUT2D eigenvalue weighted by molar-refractivity contribution is 1.15. The molecule has 0 aromatic heterocycles. The van der Waals surface area contributed by atoms with E-state index in [1.165, 1.54) is 5.56 Å². The summed E-state index contributed by atoms with van der Waals surface area (Å²) in [5, 5.41) is 3.36. The Morgan fingerprint density at radius 3 is 2.65 bits per heavy atom. The molecular formula is C14H15BrN2. The fourth-order valence-corrected chi connectivity index (χ4v) is 1.97. The summed E-state index contributed by atoms with van der Waals surface area (Å²) < 4.78 is 1.11. The fraction of sp³-hybridized carbons (Fsp3) is 0.143. The monoisotopic (exact) mass is 290 g/mol. The normalized spacial score (nSPS) is 10.2. The second kappa shape index (κ2) is 5.23. The van der Waals surface area contributed by atoms with Crippen molar-refractivity contribution in [2.24, 2.45) is 0 Å². The summed E-state index contributed by atoms with van der Waals surface area (Å²) in [7, 11) is 0. The molecule has 17 heavy (non-hydrogen) atoms. The number of nitrogens with one attached hydrogen (secondary N) is 1. The van der Waals surface area contributed by atoms with Crippen molar-refractivity contribution in [2.45, 2.75) is 13.5 Å². The number of para-hydroxylation sites is 1. The van der Waals surface area contributed by atoms with E-state index in [2.05, 4.69) is 46.4 Å². The summed E-state index contributed by atoms with van der Waals surface area (Å²) in [4.78, 5) is 0. The largest absolute Gasteiger partial charge is 0.398 e. The number of aryl methyl sites for hydroxylation is 1. The summed E-state index contributed by atoms with van der Waals surface area (Å²) in [6, 6.07) is 14.1. The van der Waals surface area contributed by atoms with Gasteiger partial charge in [0.05, 0.1) is 0 Å². The summed E-state index contributed by atoms with van der Waals surface area (Å²) in [6.07, 6.45) is 0. The van der Waals surface area contributed by atoms with E-state index in [1.54, 1.807) is 0 Å². The number of hydrogen-bond donors (Lipinski definition) is 2. The van der Waals surface area contributed by atoms with Gasteiger partial charge in [0.2, 0.25) is 0 Å². The van der Waals surface area contributed by atoms with Crippen molar-refractivity contribution in [1.82, 2.24) is 0 Å². The summed E-state index contributed by atoms with van der Waals surface area (Å²) in [6.45, 7) is 2.81. The lowest BCUT2D eigenvalue weighted by atomic mass is 10.1. The molecule has 0 fully saturated rings. The molecule has 0 unspecified atom stereocenters. The molecule has 0 saturated heterocycles. The van der Waals surface area contributed by atoms with Crippen molar-refractivity contribution in [3.05, 3.63) is 58.1 Å². The van der Waals surface area contributed by atoms with Crippen LogP contribution in [0.1, 0.15) is 11.1 Å². The molecule has 2 nitrogen and oxygen atoms in total. The Kier molecular flexibility index (Phi) is 3.69. The van der Waals surface area contributed by atoms with Crippen LogP contribution in [0.2, 0.25) is 0 Å². The summed E-state index contributed by atoms with van der Waals surface area (Å²) in [5.74, 6) is 0. The van der Waals surface area contributed by atoms with E-state index in [4.69, 9.17) is 5.73 Å². The molecule has 0 aliphatic heterocycles. The summed E-state index contributed by atoms with van der Waals surface area (Å²) in [5.41, 5.74) is 10.1. The van der Waals surface area contributed by atoms with Gasteiger partial charge in [-0.1, -0.05) is 40.2 Å². The molecule has 3 N–H and O–H groups in total. The van der Waals surface area contributed by atoms with Crippen molar-refractivity contribution in [3.63, 3.8) is 0 Å². The highest BCUT2D eigenvalue weighted by Crippen LogP contribution is 2.21. The second-order valence-electron chi connectivity index (χ2n) is 4.02. The lowest BCUT2D eigenvalue weighted by Crippen LogP contribution is -2.02. The van der Waals surface area contributed by atoms with E-state index in [9.17, 15) is 0 Å². The Hall–Kier alpha value is -1.48. The van der Waals surface area contributed by atoms with Crippen molar-refractivity contribution >= 4 is 27.3 Å². The van der Waals surface area contributed by atoms with E-state index >= 15 is 0 Å². The number of hydrogen-bond acceptors (Lipinski definition) is 2. The third-order valence-electron chi connectivity index (χ3n) is 2.71. The molecule has 2 aromatic rings. The maximum atomic E-state index is 5.89. The third-order valence-corrected chi connectivity index (χ3v) is 3.56. The van der Waals surface area contributed by atoms with Gasteiger partial charge in [0.1, 0.15) is 0 Å². The minimum atomic E-state index is 0.738. The number of anilines is 2. The molecule has 2 rings (SSSR count). The molecule has 0 bridgehead atoms. The predicted molar refractivity (Wildman–Crippen MR) is 77.1 cm³/mol. The van der Waals surface area contributed by atoms with Crippen LogP contribution in [-0.2, 0) is 6.54 Å². The van der Waals surface area contributed by atoms with Crippen molar-refractivity contribution in [1.29, 1.82) is 0 Å². The van der Waals surface area contributed by atoms with Crippen LogP contribution >= 0.6 is 15.9 Å². The average molecular weight is 291 g/mol. The molecule has 0 saturated carbocycles. The molecule has 3 heteroatoms. The van der Waals surface area contributed by atoms with Crippen LogP contribution in [0.4, 0.5) is 11.4 Å². The minimum Gasteiger partial charge on any atom is -0.398 e. The van der Waals surface area contributed by atoms with E-state index < -0.39 is 0 Å². The van der Waals surface area contributed by atoms with Gasteiger partial charge < -0.3 is 11.1 Å². The number of benzene rings is 2. The highest BCUT2D eigenvalue weighted by atomic mass is 79.9. The standard InChI is InChI=1S/C14H15BrN2/c1-10-6-7-12(8-13(10)15)17-9-11-4-2-3-5-14(11)16/h2-8,17H,9,16H2,1H3. The zero-order valence-electron chi connectivity index (χ0n) is 9.70. The number of nitrogens with two attached hydrogens (primary N) is 1. The Balaban J connectivity index is 2.08. The van der Waals surface area contributed by atoms with Gasteiger partial charge in [0.15, 0.2) is 0 Å². The molecule has 0 amide bonds. The molecule has 0 aliphatic carbocycles. The van der Waals surface area contributed by atoms with Crippen LogP contribution in [0.5, 0.6) is 0 Å². The van der Waals surface area contributed by atoms with Gasteiger partial charge in [0, 0.05) is 22.4 Å². The van der Waals surface area contributed by atoms with Crippen LogP contribution in [0, 0.1) is 6.92 Å². The van der Waals surface area contributed by atoms with Crippen LogP contribution in [0.25, 0.3) is 0 Å². The maximum absolute atomic E-state index is 5.89. The zero-order chi connectivity index (χ0) is 12.3. The molecule has 0 aliphatic rings. The van der Waals surface area contributed by atoms with Crippen molar-refractivity contribution < 1.29 is 0 Å². The second-order valence-corrected chi connectivity index (χ2v) is 4.87. The predicted octanol–water partition coefficient (Wildman–Crippen LogP) is 3.95. The zero-order valence-corrected chi connectivity index (χ0v) is 11.3. The van der Waals surface area contributed by atoms with Crippen molar-refractivity contribution in [2.75, 3.05) is 11.1 Å². The van der Waals surface area contributed by atoms with E-state index in [1.807, 2.05) is 24.3 Å². The molecule has 0 atom stereocenters. The van der Waals surface area contributed by atoms with Crippen LogP contribution < -0.4 is 11.1 Å². The first-order valence-electron chi connectivity index (χ1n) is 5.50. The number of nitrogen functional groups attached to an aromatic ring is 1. The molecule has 0 spiro atoms. The Labute approximate surface area is 110 Å². The molecule has 0 heterocycles. The molecular weight excluding hydrogens is 276 g/mol. The fourth-order valence-electron chi connectivity index (χ4n) is 1.60. The topological polar surface area (TPSA) is 38.0 Å². The maximum Gasteiger partial charge on any atom is 0.0421 e. The van der Waals surface area contributed by atoms with Crippen LogP contribution in [-0.4, -0.2) is 0 Å². The van der Waals surface area contributed by atoms with Crippen LogP contribution in [0.3, 0.4) is 0 Å². The highest BCUT2D eigenvalue weighted by Gasteiger charge is 1.99. The Morgan fingerprint density at radius 1 is 1.18 bits per heavy atom. The van der Waals surface area contributed by atoms with Gasteiger partial charge in [0.25, 0.3) is 0 Å². The van der Waals surface area contributed by atoms with Gasteiger partial charge in [-0.25, -0.2) is 0 Å². The third kappa shape index (κ3) is 3.01. The van der Waals surface area contributed by atoms with E-state index in [0.29, 0.717) is 0 Å². The smallest absolute Gasteiger partial charge is 0.0421 e. The van der Waals surface area contributed by atoms with Gasteiger partial charge in [-0.2, -0.15) is 0 Å². The Morgan fingerprint density at radius 2 is 1.94 bits per heavy atom. The molecule has 0 radical (unpaired) electrons. The average Bonchev–Trinajstić information content (AvgIpc) is 2.32.